The monoisotopic (exact) mass is 518 g/mol. The molecule has 0 aliphatic rings. The van der Waals surface area contributed by atoms with Crippen LogP contribution in [-0.2, 0) is 17.6 Å². The lowest BCUT2D eigenvalue weighted by Crippen LogP contribution is -2.29. The van der Waals surface area contributed by atoms with E-state index < -0.39 is 0 Å². The highest BCUT2D eigenvalue weighted by Gasteiger charge is 2.20. The van der Waals surface area contributed by atoms with Crippen LogP contribution in [0.2, 0.25) is 5.02 Å². The summed E-state index contributed by atoms with van der Waals surface area (Å²) in [5.74, 6) is -0.166. The van der Waals surface area contributed by atoms with Crippen molar-refractivity contribution in [3.05, 3.63) is 98.3 Å². The molecule has 5 rings (SSSR count). The summed E-state index contributed by atoms with van der Waals surface area (Å²) in [5.41, 5.74) is 4.43. The van der Waals surface area contributed by atoms with Crippen molar-refractivity contribution in [3.63, 3.8) is 0 Å². The molecule has 0 fully saturated rings. The minimum atomic E-state index is -0.245. The first-order chi connectivity index (χ1) is 17.4. The van der Waals surface area contributed by atoms with E-state index in [1.54, 1.807) is 29.2 Å². The smallest absolute Gasteiger partial charge is 0.268 e. The molecule has 1 aromatic carbocycles. The van der Waals surface area contributed by atoms with Gasteiger partial charge in [0.1, 0.15) is 5.69 Å². The van der Waals surface area contributed by atoms with Crippen molar-refractivity contribution >= 4 is 33.8 Å². The lowest BCUT2D eigenvalue weighted by molar-refractivity contribution is -0.120. The Kier molecular flexibility index (Phi) is 6.67. The van der Waals surface area contributed by atoms with E-state index >= 15 is 0 Å². The van der Waals surface area contributed by atoms with Crippen LogP contribution >= 0.6 is 22.9 Å². The largest absolute Gasteiger partial charge is 0.355 e. The molecule has 10 heteroatoms. The number of carbonyl (C=O) groups excluding carboxylic acids is 1. The Morgan fingerprint density at radius 1 is 1.14 bits per heavy atom. The van der Waals surface area contributed by atoms with Gasteiger partial charge in [0, 0.05) is 46.6 Å². The van der Waals surface area contributed by atoms with Crippen LogP contribution in [0.3, 0.4) is 0 Å². The summed E-state index contributed by atoms with van der Waals surface area (Å²) in [4.78, 5) is 35.7. The van der Waals surface area contributed by atoms with E-state index in [0.29, 0.717) is 45.6 Å². The van der Waals surface area contributed by atoms with Crippen molar-refractivity contribution in [1.29, 1.82) is 0 Å². The first-order valence-electron chi connectivity index (χ1n) is 11.4. The van der Waals surface area contributed by atoms with E-state index in [4.69, 9.17) is 11.6 Å². The van der Waals surface area contributed by atoms with Gasteiger partial charge in [-0.15, -0.1) is 11.3 Å². The van der Waals surface area contributed by atoms with Crippen molar-refractivity contribution in [2.75, 3.05) is 6.54 Å². The Hall–Kier alpha value is -3.82. The maximum atomic E-state index is 13.6. The van der Waals surface area contributed by atoms with Crippen molar-refractivity contribution in [1.82, 2.24) is 29.5 Å². The van der Waals surface area contributed by atoms with Crippen molar-refractivity contribution < 1.29 is 4.79 Å². The molecule has 5 aromatic rings. The summed E-state index contributed by atoms with van der Waals surface area (Å²) < 4.78 is 3.26. The van der Waals surface area contributed by atoms with Crippen LogP contribution < -0.4 is 10.9 Å². The number of rotatable bonds is 7. The Labute approximate surface area is 216 Å². The van der Waals surface area contributed by atoms with Crippen LogP contribution in [0.4, 0.5) is 0 Å². The number of halogens is 1. The second kappa shape index (κ2) is 10.0. The first-order valence-corrected chi connectivity index (χ1v) is 12.7. The molecule has 0 spiro atoms. The number of aryl methyl sites for hydroxylation is 2. The topological polar surface area (TPSA) is 94.2 Å². The summed E-state index contributed by atoms with van der Waals surface area (Å²) >= 11 is 7.49. The Bertz CT molecular complexity index is 1620. The molecule has 0 atom stereocenters. The number of benzene rings is 1. The van der Waals surface area contributed by atoms with Gasteiger partial charge in [-0.2, -0.15) is 5.10 Å². The summed E-state index contributed by atoms with van der Waals surface area (Å²) in [6, 6.07) is 14.9. The number of hydrogen-bond donors (Lipinski definition) is 1. The number of thiazole rings is 1. The summed E-state index contributed by atoms with van der Waals surface area (Å²) in [6.07, 6.45) is 2.44. The average Bonchev–Trinajstić information content (AvgIpc) is 3.43. The predicted molar refractivity (Wildman–Crippen MR) is 141 cm³/mol. The minimum Gasteiger partial charge on any atom is -0.355 e. The van der Waals surface area contributed by atoms with Crippen LogP contribution in [0.25, 0.3) is 21.9 Å². The first kappa shape index (κ1) is 23.9. The number of pyridine rings is 1. The molecule has 4 heterocycles. The molecule has 0 aliphatic carbocycles. The molecule has 182 valence electrons. The van der Waals surface area contributed by atoms with E-state index in [1.807, 2.05) is 49.4 Å². The molecule has 4 aromatic heterocycles. The van der Waals surface area contributed by atoms with Crippen LogP contribution in [0, 0.1) is 13.8 Å². The lowest BCUT2D eigenvalue weighted by Gasteiger charge is -2.07. The van der Waals surface area contributed by atoms with Crippen molar-refractivity contribution in [2.45, 2.75) is 26.7 Å². The van der Waals surface area contributed by atoms with Gasteiger partial charge >= 0.3 is 0 Å². The highest BCUT2D eigenvalue weighted by atomic mass is 35.5. The number of nitrogens with zero attached hydrogens (tertiary/aromatic N) is 5. The number of nitrogens with one attached hydrogen (secondary N) is 1. The second-order valence-corrected chi connectivity index (χ2v) is 9.66. The number of carbonyl (C=O) groups is 1. The maximum Gasteiger partial charge on any atom is 0.268 e. The molecule has 36 heavy (non-hydrogen) atoms. The second-order valence-electron chi connectivity index (χ2n) is 8.38. The summed E-state index contributed by atoms with van der Waals surface area (Å²) in [7, 11) is 0. The summed E-state index contributed by atoms with van der Waals surface area (Å²) in [5, 5.41) is 10.0. The standard InChI is InChI=1S/C26H23ClN6O2S/c1-16-12-22(31-33(16)20-8-5-6-18(27)13-20)24-17(2)30-26-32(25(24)35)21(15-36-26)14-23(34)29-11-9-19-7-3-4-10-28-19/h3-8,10,12-13,15H,9,11,14H2,1-2H3,(H,29,34). The highest BCUT2D eigenvalue weighted by Crippen LogP contribution is 2.24. The van der Waals surface area contributed by atoms with Crippen molar-refractivity contribution in [3.8, 4) is 16.9 Å². The Balaban J connectivity index is 1.42. The highest BCUT2D eigenvalue weighted by molar-refractivity contribution is 7.15. The molecule has 8 nitrogen and oxygen atoms in total. The fourth-order valence-electron chi connectivity index (χ4n) is 4.09. The molecular weight excluding hydrogens is 496 g/mol. The average molecular weight is 519 g/mol. The van der Waals surface area contributed by atoms with Crippen LogP contribution in [0.5, 0.6) is 0 Å². The van der Waals surface area contributed by atoms with E-state index in [1.165, 1.54) is 15.7 Å². The van der Waals surface area contributed by atoms with E-state index in [0.717, 1.165) is 17.1 Å². The van der Waals surface area contributed by atoms with Gasteiger partial charge in [-0.25, -0.2) is 9.67 Å². The summed E-state index contributed by atoms with van der Waals surface area (Å²) in [6.45, 7) is 4.19. The Morgan fingerprint density at radius 3 is 2.78 bits per heavy atom. The van der Waals surface area contributed by atoms with E-state index in [2.05, 4.69) is 20.4 Å². The number of amides is 1. The van der Waals surface area contributed by atoms with Gasteiger partial charge in [0.15, 0.2) is 4.96 Å². The fourth-order valence-corrected chi connectivity index (χ4v) is 5.20. The van der Waals surface area contributed by atoms with Gasteiger partial charge in [-0.3, -0.25) is 19.0 Å². The van der Waals surface area contributed by atoms with Crippen LogP contribution in [-0.4, -0.2) is 36.6 Å². The zero-order valence-corrected chi connectivity index (χ0v) is 21.3. The fraction of sp³-hybridized carbons (Fsp3) is 0.192. The third kappa shape index (κ3) is 4.80. The molecule has 0 aliphatic heterocycles. The zero-order valence-electron chi connectivity index (χ0n) is 19.7. The van der Waals surface area contributed by atoms with Gasteiger partial charge in [-0.1, -0.05) is 23.7 Å². The normalized spacial score (nSPS) is 11.2. The van der Waals surface area contributed by atoms with Gasteiger partial charge < -0.3 is 5.32 Å². The number of hydrogen-bond acceptors (Lipinski definition) is 6. The molecule has 0 saturated heterocycles. The molecule has 0 unspecified atom stereocenters. The zero-order chi connectivity index (χ0) is 25.2. The van der Waals surface area contributed by atoms with Crippen LogP contribution in [0.15, 0.2) is 64.9 Å². The number of fused-ring (bicyclic) bond motifs is 1. The quantitative estimate of drug-likeness (QED) is 0.349. The molecule has 0 saturated carbocycles. The molecule has 1 amide bonds. The molecule has 0 radical (unpaired) electrons. The van der Waals surface area contributed by atoms with Gasteiger partial charge in [0.25, 0.3) is 5.56 Å². The van der Waals surface area contributed by atoms with Crippen LogP contribution in [0.1, 0.15) is 22.8 Å². The van der Waals surface area contributed by atoms with E-state index in [-0.39, 0.29) is 17.9 Å². The minimum absolute atomic E-state index is 0.0717. The maximum absolute atomic E-state index is 13.6. The number of aromatic nitrogens is 5. The van der Waals surface area contributed by atoms with E-state index in [9.17, 15) is 9.59 Å². The van der Waals surface area contributed by atoms with Gasteiger partial charge in [0.05, 0.1) is 23.4 Å². The van der Waals surface area contributed by atoms with Crippen molar-refractivity contribution in [2.24, 2.45) is 0 Å². The SMILES string of the molecule is Cc1nc2scc(CC(=O)NCCc3ccccn3)n2c(=O)c1-c1cc(C)n(-c2cccc(Cl)c2)n1. The predicted octanol–water partition coefficient (Wildman–Crippen LogP) is 4.18. The lowest BCUT2D eigenvalue weighted by atomic mass is 10.1. The third-order valence-electron chi connectivity index (χ3n) is 5.79. The molecular formula is C26H23ClN6O2S. The van der Waals surface area contributed by atoms with Gasteiger partial charge in [0.2, 0.25) is 5.91 Å². The third-order valence-corrected chi connectivity index (χ3v) is 6.90. The Morgan fingerprint density at radius 2 is 2.00 bits per heavy atom. The molecule has 0 bridgehead atoms. The van der Waals surface area contributed by atoms with Gasteiger partial charge in [-0.05, 0) is 50.2 Å². The molecule has 1 N–H and O–H groups in total.